The number of nitrogens with two attached hydrogens (primary N) is 1. The molecule has 0 fully saturated rings. The Bertz CT molecular complexity index is 1100. The number of nitrogens with zero attached hydrogens (tertiary/aromatic N) is 1. The number of methoxy groups -OCH3 is 1. The molecule has 0 aliphatic rings. The number of ether oxygens (including phenoxy) is 2. The average Bonchev–Trinajstić information content (AvgIpc) is 2.73. The number of rotatable bonds is 7. The smallest absolute Gasteiger partial charge is 0.319 e. The van der Waals surface area contributed by atoms with E-state index in [0.29, 0.717) is 45.5 Å². The number of urea groups is 1. The van der Waals surface area contributed by atoms with Gasteiger partial charge in [-0.3, -0.25) is 4.79 Å². The van der Waals surface area contributed by atoms with Gasteiger partial charge in [0.05, 0.1) is 28.9 Å². The van der Waals surface area contributed by atoms with E-state index in [0.717, 1.165) is 6.42 Å². The summed E-state index contributed by atoms with van der Waals surface area (Å²) in [5.74, 6) is 0.529. The molecule has 3 aromatic rings. The second kappa shape index (κ2) is 9.32. The van der Waals surface area contributed by atoms with Crippen molar-refractivity contribution < 1.29 is 19.1 Å². The summed E-state index contributed by atoms with van der Waals surface area (Å²) >= 11 is 6.25. The van der Waals surface area contributed by atoms with Crippen LogP contribution < -0.4 is 25.8 Å². The number of carbonyl (C=O) groups is 2. The van der Waals surface area contributed by atoms with Gasteiger partial charge < -0.3 is 25.8 Å². The van der Waals surface area contributed by atoms with Gasteiger partial charge in [0.15, 0.2) is 0 Å². The standard InChI is InChI=1S/C21H21ClN4O4/c1-3-8-24-21(28)26-16-6-5-13(10-15(16)22)30-19-7-4-12-9-14(20(23)27)18(29-2)11-17(12)25-19/h4-7,9-11H,3,8H2,1-2H3,(H2,23,27)(H2,24,26,28). The lowest BCUT2D eigenvalue weighted by Gasteiger charge is -2.11. The van der Waals surface area contributed by atoms with Gasteiger partial charge >= 0.3 is 6.03 Å². The first-order valence-corrected chi connectivity index (χ1v) is 9.60. The van der Waals surface area contributed by atoms with Crippen molar-refractivity contribution in [1.82, 2.24) is 10.3 Å². The highest BCUT2D eigenvalue weighted by Crippen LogP contribution is 2.31. The highest BCUT2D eigenvalue weighted by Gasteiger charge is 2.13. The Morgan fingerprint density at radius 1 is 1.17 bits per heavy atom. The number of halogens is 1. The maximum Gasteiger partial charge on any atom is 0.319 e. The van der Waals surface area contributed by atoms with Crippen LogP contribution in [0, 0.1) is 0 Å². The number of pyridine rings is 1. The molecule has 0 unspecified atom stereocenters. The summed E-state index contributed by atoms with van der Waals surface area (Å²) < 4.78 is 11.0. The number of primary amides is 1. The molecule has 4 N–H and O–H groups in total. The summed E-state index contributed by atoms with van der Waals surface area (Å²) in [6.07, 6.45) is 0.836. The second-order valence-corrected chi connectivity index (χ2v) is 6.79. The Morgan fingerprint density at radius 3 is 2.63 bits per heavy atom. The van der Waals surface area contributed by atoms with Crippen LogP contribution in [0.4, 0.5) is 10.5 Å². The molecule has 0 spiro atoms. The molecule has 0 saturated heterocycles. The number of amides is 3. The van der Waals surface area contributed by atoms with E-state index in [9.17, 15) is 9.59 Å². The molecule has 0 radical (unpaired) electrons. The van der Waals surface area contributed by atoms with Crippen molar-refractivity contribution in [3.63, 3.8) is 0 Å². The lowest BCUT2D eigenvalue weighted by molar-refractivity contribution is 0.0997. The van der Waals surface area contributed by atoms with Crippen molar-refractivity contribution in [2.24, 2.45) is 5.73 Å². The maximum atomic E-state index is 11.8. The largest absolute Gasteiger partial charge is 0.496 e. The molecule has 0 aliphatic carbocycles. The van der Waals surface area contributed by atoms with Crippen molar-refractivity contribution in [1.29, 1.82) is 0 Å². The molecule has 9 heteroatoms. The van der Waals surface area contributed by atoms with E-state index in [4.69, 9.17) is 26.8 Å². The van der Waals surface area contributed by atoms with Gasteiger partial charge in [0.25, 0.3) is 5.91 Å². The fourth-order valence-corrected chi connectivity index (χ4v) is 2.96. The zero-order valence-corrected chi connectivity index (χ0v) is 17.2. The van der Waals surface area contributed by atoms with Crippen molar-refractivity contribution in [3.05, 3.63) is 53.1 Å². The van der Waals surface area contributed by atoms with Gasteiger partial charge in [0, 0.05) is 30.1 Å². The highest BCUT2D eigenvalue weighted by atomic mass is 35.5. The molecule has 3 rings (SSSR count). The van der Waals surface area contributed by atoms with Crippen LogP contribution in [0.3, 0.4) is 0 Å². The predicted molar refractivity (Wildman–Crippen MR) is 116 cm³/mol. The van der Waals surface area contributed by atoms with E-state index in [1.54, 1.807) is 42.5 Å². The van der Waals surface area contributed by atoms with E-state index in [1.807, 2.05) is 6.92 Å². The minimum atomic E-state index is -0.583. The number of hydrogen-bond acceptors (Lipinski definition) is 5. The normalized spacial score (nSPS) is 10.5. The highest BCUT2D eigenvalue weighted by molar-refractivity contribution is 6.33. The summed E-state index contributed by atoms with van der Waals surface area (Å²) in [5, 5.41) is 6.44. The zero-order valence-electron chi connectivity index (χ0n) is 16.5. The van der Waals surface area contributed by atoms with Crippen LogP contribution in [-0.4, -0.2) is 30.6 Å². The summed E-state index contributed by atoms with van der Waals surface area (Å²) in [6.45, 7) is 2.54. The van der Waals surface area contributed by atoms with Crippen molar-refractivity contribution in [2.45, 2.75) is 13.3 Å². The molecule has 30 heavy (non-hydrogen) atoms. The minimum Gasteiger partial charge on any atom is -0.496 e. The monoisotopic (exact) mass is 428 g/mol. The molecule has 0 saturated carbocycles. The summed E-state index contributed by atoms with van der Waals surface area (Å²) in [7, 11) is 1.45. The Balaban J connectivity index is 1.80. The number of aromatic nitrogens is 1. The molecular weight excluding hydrogens is 408 g/mol. The Labute approximate surface area is 178 Å². The van der Waals surface area contributed by atoms with E-state index in [1.165, 1.54) is 7.11 Å². The third kappa shape index (κ3) is 4.90. The van der Waals surface area contributed by atoms with Gasteiger partial charge in [-0.25, -0.2) is 9.78 Å². The van der Waals surface area contributed by atoms with Crippen LogP contribution in [-0.2, 0) is 0 Å². The Kier molecular flexibility index (Phi) is 6.58. The number of carbonyl (C=O) groups excluding carboxylic acids is 2. The van der Waals surface area contributed by atoms with Crippen LogP contribution in [0.15, 0.2) is 42.5 Å². The van der Waals surface area contributed by atoms with Gasteiger partial charge in [0.1, 0.15) is 11.5 Å². The molecule has 0 bridgehead atoms. The van der Waals surface area contributed by atoms with Gasteiger partial charge in [-0.15, -0.1) is 0 Å². The molecule has 1 aromatic heterocycles. The van der Waals surface area contributed by atoms with Crippen LogP contribution in [0.5, 0.6) is 17.4 Å². The topological polar surface area (TPSA) is 116 Å². The molecule has 156 valence electrons. The van der Waals surface area contributed by atoms with E-state index < -0.39 is 5.91 Å². The van der Waals surface area contributed by atoms with Crippen LogP contribution in [0.2, 0.25) is 5.02 Å². The first-order chi connectivity index (χ1) is 14.4. The van der Waals surface area contributed by atoms with Gasteiger partial charge in [-0.1, -0.05) is 18.5 Å². The quantitative estimate of drug-likeness (QED) is 0.518. The van der Waals surface area contributed by atoms with Gasteiger partial charge in [0.2, 0.25) is 5.88 Å². The van der Waals surface area contributed by atoms with Crippen molar-refractivity contribution in [2.75, 3.05) is 19.0 Å². The minimum absolute atomic E-state index is 0.276. The number of nitrogens with one attached hydrogen (secondary N) is 2. The molecule has 0 atom stereocenters. The first-order valence-electron chi connectivity index (χ1n) is 9.22. The third-order valence-corrected chi connectivity index (χ3v) is 4.51. The third-order valence-electron chi connectivity index (χ3n) is 4.20. The van der Waals surface area contributed by atoms with E-state index in [2.05, 4.69) is 15.6 Å². The first kappa shape index (κ1) is 21.2. The van der Waals surface area contributed by atoms with Crippen molar-refractivity contribution in [3.8, 4) is 17.4 Å². The van der Waals surface area contributed by atoms with Gasteiger partial charge in [-0.2, -0.15) is 0 Å². The average molecular weight is 429 g/mol. The fourth-order valence-electron chi connectivity index (χ4n) is 2.74. The summed E-state index contributed by atoms with van der Waals surface area (Å²) in [6, 6.07) is 11.2. The number of anilines is 1. The second-order valence-electron chi connectivity index (χ2n) is 6.38. The van der Waals surface area contributed by atoms with E-state index in [-0.39, 0.29) is 11.6 Å². The lowest BCUT2D eigenvalue weighted by Crippen LogP contribution is -2.29. The van der Waals surface area contributed by atoms with Crippen LogP contribution in [0.1, 0.15) is 23.7 Å². The predicted octanol–water partition coefficient (Wildman–Crippen LogP) is 4.32. The zero-order chi connectivity index (χ0) is 21.7. The molecule has 0 aliphatic heterocycles. The molecule has 3 amide bonds. The SMILES string of the molecule is CCCNC(=O)Nc1ccc(Oc2ccc3cc(C(N)=O)c(OC)cc3n2)cc1Cl. The molecular formula is C21H21ClN4O4. The molecule has 8 nitrogen and oxygen atoms in total. The Morgan fingerprint density at radius 2 is 1.97 bits per heavy atom. The number of fused-ring (bicyclic) bond motifs is 1. The number of hydrogen-bond donors (Lipinski definition) is 3. The van der Waals surface area contributed by atoms with E-state index >= 15 is 0 Å². The Hall–Kier alpha value is -3.52. The van der Waals surface area contributed by atoms with Gasteiger partial charge in [-0.05, 0) is 30.7 Å². The maximum absolute atomic E-state index is 11.8. The fraction of sp³-hybridized carbons (Fsp3) is 0.190. The molecule has 2 aromatic carbocycles. The molecule has 1 heterocycles. The summed E-state index contributed by atoms with van der Waals surface area (Å²) in [4.78, 5) is 27.8. The van der Waals surface area contributed by atoms with Crippen molar-refractivity contribution >= 4 is 40.1 Å². The lowest BCUT2D eigenvalue weighted by atomic mass is 10.1. The summed E-state index contributed by atoms with van der Waals surface area (Å²) in [5.41, 5.74) is 6.70. The van der Waals surface area contributed by atoms with Crippen LogP contribution >= 0.6 is 11.6 Å². The van der Waals surface area contributed by atoms with Crippen LogP contribution in [0.25, 0.3) is 10.9 Å². The number of benzene rings is 2.